The number of nitrogens with zero attached hydrogens (tertiary/aromatic N) is 1. The van der Waals surface area contributed by atoms with Crippen molar-refractivity contribution in [3.05, 3.63) is 58.3 Å². The fraction of sp³-hybridized carbons (Fsp3) is 0.350. The van der Waals surface area contributed by atoms with Crippen molar-refractivity contribution in [3.63, 3.8) is 0 Å². The number of carbonyl (C=O) groups is 1. The molecule has 0 spiro atoms. The second-order valence-electron chi connectivity index (χ2n) is 6.55. The number of benzene rings is 2. The standard InChI is InChI=1S/C20H24BrFN2O4S/c1-15-5-3-6-17(13-15)28-12-10-23-20(25)7-4-11-24(29(2,26)27)19-9-8-16(21)14-18(19)22/h3,5-6,8-9,13-14H,4,7,10-12H2,1-2H3,(H,23,25). The molecule has 9 heteroatoms. The monoisotopic (exact) mass is 486 g/mol. The molecular weight excluding hydrogens is 463 g/mol. The minimum atomic E-state index is -3.68. The molecule has 29 heavy (non-hydrogen) atoms. The lowest BCUT2D eigenvalue weighted by Crippen LogP contribution is -2.33. The second kappa shape index (κ2) is 10.6. The van der Waals surface area contributed by atoms with Crippen LogP contribution in [0, 0.1) is 12.7 Å². The van der Waals surface area contributed by atoms with E-state index in [1.807, 2.05) is 31.2 Å². The molecule has 0 atom stereocenters. The normalized spacial score (nSPS) is 11.2. The number of amides is 1. The lowest BCUT2D eigenvalue weighted by Gasteiger charge is -2.23. The molecule has 0 unspecified atom stereocenters. The van der Waals surface area contributed by atoms with E-state index in [1.54, 1.807) is 6.07 Å². The summed E-state index contributed by atoms with van der Waals surface area (Å²) in [5.41, 5.74) is 1.05. The van der Waals surface area contributed by atoms with Crippen LogP contribution in [-0.2, 0) is 14.8 Å². The van der Waals surface area contributed by atoms with Crippen molar-refractivity contribution in [1.29, 1.82) is 0 Å². The number of ether oxygens (including phenoxy) is 1. The van der Waals surface area contributed by atoms with Crippen molar-refractivity contribution >= 4 is 37.5 Å². The van der Waals surface area contributed by atoms with Crippen LogP contribution in [0.5, 0.6) is 5.75 Å². The van der Waals surface area contributed by atoms with Gasteiger partial charge in [-0.3, -0.25) is 9.10 Å². The first-order valence-corrected chi connectivity index (χ1v) is 11.7. The summed E-state index contributed by atoms with van der Waals surface area (Å²) >= 11 is 3.14. The summed E-state index contributed by atoms with van der Waals surface area (Å²) in [6.45, 7) is 2.64. The molecule has 0 aliphatic heterocycles. The third kappa shape index (κ3) is 7.66. The first kappa shape index (κ1) is 23.2. The highest BCUT2D eigenvalue weighted by Gasteiger charge is 2.21. The van der Waals surface area contributed by atoms with Crippen molar-refractivity contribution in [3.8, 4) is 5.75 Å². The molecule has 2 aromatic carbocycles. The molecule has 0 heterocycles. The van der Waals surface area contributed by atoms with E-state index in [0.29, 0.717) is 17.6 Å². The number of hydrogen-bond donors (Lipinski definition) is 1. The van der Waals surface area contributed by atoms with Gasteiger partial charge in [0.05, 0.1) is 18.5 Å². The summed E-state index contributed by atoms with van der Waals surface area (Å²) in [7, 11) is -3.68. The van der Waals surface area contributed by atoms with Gasteiger partial charge >= 0.3 is 0 Å². The van der Waals surface area contributed by atoms with Crippen LogP contribution in [0.25, 0.3) is 0 Å². The van der Waals surface area contributed by atoms with Gasteiger partial charge in [0.2, 0.25) is 15.9 Å². The maximum atomic E-state index is 14.2. The van der Waals surface area contributed by atoms with Crippen molar-refractivity contribution in [2.75, 3.05) is 30.3 Å². The molecule has 0 radical (unpaired) electrons. The fourth-order valence-corrected chi connectivity index (χ4v) is 3.98. The smallest absolute Gasteiger partial charge is 0.232 e. The minimum Gasteiger partial charge on any atom is -0.492 e. The number of nitrogens with one attached hydrogen (secondary N) is 1. The van der Waals surface area contributed by atoms with Gasteiger partial charge in [-0.25, -0.2) is 12.8 Å². The van der Waals surface area contributed by atoms with E-state index in [-0.39, 0.29) is 31.0 Å². The summed E-state index contributed by atoms with van der Waals surface area (Å²) in [6, 6.07) is 11.8. The third-order valence-electron chi connectivity index (χ3n) is 4.03. The Balaban J connectivity index is 1.79. The summed E-state index contributed by atoms with van der Waals surface area (Å²) in [6.07, 6.45) is 1.39. The predicted octanol–water partition coefficient (Wildman–Crippen LogP) is 3.64. The van der Waals surface area contributed by atoms with Crippen LogP contribution >= 0.6 is 15.9 Å². The van der Waals surface area contributed by atoms with Crippen molar-refractivity contribution in [1.82, 2.24) is 5.32 Å². The highest BCUT2D eigenvalue weighted by molar-refractivity contribution is 9.10. The molecular formula is C20H24BrFN2O4S. The lowest BCUT2D eigenvalue weighted by atomic mass is 10.2. The average molecular weight is 487 g/mol. The number of rotatable bonds is 10. The Morgan fingerprint density at radius 2 is 2.00 bits per heavy atom. The van der Waals surface area contributed by atoms with Crippen LogP contribution < -0.4 is 14.4 Å². The van der Waals surface area contributed by atoms with Gasteiger partial charge in [-0.05, 0) is 49.2 Å². The molecule has 0 bridgehead atoms. The minimum absolute atomic E-state index is 0.00456. The van der Waals surface area contributed by atoms with Crippen molar-refractivity contribution < 1.29 is 22.3 Å². The summed E-state index contributed by atoms with van der Waals surface area (Å²) in [4.78, 5) is 12.0. The Morgan fingerprint density at radius 3 is 2.66 bits per heavy atom. The van der Waals surface area contributed by atoms with Gasteiger partial charge in [0.25, 0.3) is 0 Å². The number of halogens is 2. The van der Waals surface area contributed by atoms with E-state index in [4.69, 9.17) is 4.74 Å². The Labute approximate surface area is 179 Å². The molecule has 1 N–H and O–H groups in total. The fourth-order valence-electron chi connectivity index (χ4n) is 2.68. The summed E-state index contributed by atoms with van der Waals surface area (Å²) < 4.78 is 45.3. The van der Waals surface area contributed by atoms with Gasteiger partial charge in [-0.2, -0.15) is 0 Å². The van der Waals surface area contributed by atoms with Gasteiger partial charge < -0.3 is 10.1 Å². The molecule has 0 saturated carbocycles. The Bertz CT molecular complexity index is 953. The molecule has 0 fully saturated rings. The van der Waals surface area contributed by atoms with Crippen molar-refractivity contribution in [2.24, 2.45) is 0 Å². The van der Waals surface area contributed by atoms with Crippen LogP contribution in [0.1, 0.15) is 18.4 Å². The highest BCUT2D eigenvalue weighted by atomic mass is 79.9. The Morgan fingerprint density at radius 1 is 1.24 bits per heavy atom. The van der Waals surface area contributed by atoms with Gasteiger partial charge in [-0.1, -0.05) is 28.1 Å². The number of carbonyl (C=O) groups excluding carboxylic acids is 1. The molecule has 6 nitrogen and oxygen atoms in total. The maximum Gasteiger partial charge on any atom is 0.232 e. The van der Waals surface area contributed by atoms with Gasteiger partial charge in [0.1, 0.15) is 18.2 Å². The molecule has 0 aromatic heterocycles. The zero-order valence-electron chi connectivity index (χ0n) is 16.3. The quantitative estimate of drug-likeness (QED) is 0.520. The second-order valence-corrected chi connectivity index (χ2v) is 9.37. The van der Waals surface area contributed by atoms with E-state index in [1.165, 1.54) is 12.1 Å². The predicted molar refractivity (Wildman–Crippen MR) is 115 cm³/mol. The van der Waals surface area contributed by atoms with Crippen LogP contribution in [-0.4, -0.2) is 40.3 Å². The van der Waals surface area contributed by atoms with Crippen LogP contribution in [0.15, 0.2) is 46.9 Å². The van der Waals surface area contributed by atoms with Gasteiger partial charge in [0.15, 0.2) is 0 Å². The molecule has 0 aliphatic rings. The Hall–Kier alpha value is -2.13. The molecule has 2 rings (SSSR count). The van der Waals surface area contributed by atoms with E-state index in [2.05, 4.69) is 21.2 Å². The number of sulfonamides is 1. The largest absolute Gasteiger partial charge is 0.492 e. The topological polar surface area (TPSA) is 75.7 Å². The van der Waals surface area contributed by atoms with E-state index >= 15 is 0 Å². The lowest BCUT2D eigenvalue weighted by molar-refractivity contribution is -0.121. The van der Waals surface area contributed by atoms with Crippen LogP contribution in [0.4, 0.5) is 10.1 Å². The number of hydrogen-bond acceptors (Lipinski definition) is 4. The number of anilines is 1. The van der Waals surface area contributed by atoms with Crippen LogP contribution in [0.2, 0.25) is 0 Å². The Kier molecular flexibility index (Phi) is 8.45. The maximum absolute atomic E-state index is 14.2. The molecule has 0 saturated heterocycles. The number of aryl methyl sites for hydroxylation is 1. The zero-order valence-corrected chi connectivity index (χ0v) is 18.7. The molecule has 0 aliphatic carbocycles. The SMILES string of the molecule is Cc1cccc(OCCNC(=O)CCCN(c2ccc(Br)cc2F)S(C)(=O)=O)c1. The first-order chi connectivity index (χ1) is 13.7. The molecule has 2 aromatic rings. The van der Waals surface area contributed by atoms with E-state index in [9.17, 15) is 17.6 Å². The highest BCUT2D eigenvalue weighted by Crippen LogP contribution is 2.25. The third-order valence-corrected chi connectivity index (χ3v) is 5.70. The molecule has 1 amide bonds. The van der Waals surface area contributed by atoms with E-state index in [0.717, 1.165) is 21.9 Å². The summed E-state index contributed by atoms with van der Waals surface area (Å²) in [5, 5.41) is 2.73. The van der Waals surface area contributed by atoms with E-state index < -0.39 is 15.8 Å². The zero-order chi connectivity index (χ0) is 21.4. The molecule has 158 valence electrons. The van der Waals surface area contributed by atoms with Crippen molar-refractivity contribution in [2.45, 2.75) is 19.8 Å². The summed E-state index contributed by atoms with van der Waals surface area (Å²) in [5.74, 6) is -0.135. The van der Waals surface area contributed by atoms with Gasteiger partial charge in [-0.15, -0.1) is 0 Å². The average Bonchev–Trinajstić information content (AvgIpc) is 2.62. The van der Waals surface area contributed by atoms with Gasteiger partial charge in [0, 0.05) is 17.4 Å². The van der Waals surface area contributed by atoms with Crippen LogP contribution in [0.3, 0.4) is 0 Å². The first-order valence-electron chi connectivity index (χ1n) is 9.06.